The van der Waals surface area contributed by atoms with Crippen LogP contribution in [0.5, 0.6) is 0 Å². The van der Waals surface area contributed by atoms with Crippen molar-refractivity contribution < 1.29 is 9.90 Å². The lowest BCUT2D eigenvalue weighted by Crippen LogP contribution is -2.50. The highest BCUT2D eigenvalue weighted by molar-refractivity contribution is 5.74. The molecule has 3 N–H and O–H groups in total. The molecule has 0 radical (unpaired) electrons. The number of hydrogen-bond acceptors (Lipinski definition) is 3. The zero-order valence-electron chi connectivity index (χ0n) is 12.6. The summed E-state index contributed by atoms with van der Waals surface area (Å²) in [5.74, 6) is 0. The highest BCUT2D eigenvalue weighted by Gasteiger charge is 2.27. The van der Waals surface area contributed by atoms with Crippen molar-refractivity contribution in [1.29, 1.82) is 0 Å². The lowest BCUT2D eigenvalue weighted by atomic mass is 9.85. The first-order chi connectivity index (χ1) is 8.15. The van der Waals surface area contributed by atoms with E-state index in [1.54, 1.807) is 6.92 Å². The second-order valence-electron chi connectivity index (χ2n) is 5.99. The van der Waals surface area contributed by atoms with E-state index < -0.39 is 0 Å². The molecule has 5 heteroatoms. The van der Waals surface area contributed by atoms with Crippen molar-refractivity contribution in [1.82, 2.24) is 15.5 Å². The van der Waals surface area contributed by atoms with Crippen LogP contribution in [0.1, 0.15) is 34.1 Å². The maximum Gasteiger partial charge on any atom is 0.315 e. The fourth-order valence-corrected chi connectivity index (χ4v) is 1.79. The first kappa shape index (κ1) is 17.2. The zero-order valence-corrected chi connectivity index (χ0v) is 12.6. The number of nitrogens with one attached hydrogen (secondary N) is 2. The van der Waals surface area contributed by atoms with E-state index in [4.69, 9.17) is 5.11 Å². The van der Waals surface area contributed by atoms with Crippen LogP contribution in [0.2, 0.25) is 0 Å². The van der Waals surface area contributed by atoms with Crippen LogP contribution >= 0.6 is 0 Å². The number of urea groups is 1. The van der Waals surface area contributed by atoms with Crippen LogP contribution < -0.4 is 10.6 Å². The maximum atomic E-state index is 11.6. The number of aliphatic hydroxyl groups is 1. The SMILES string of the molecule is CC(O)CCNC(=O)NC(C)C(C)(C)CN(C)C. The Bertz CT molecular complexity index is 253. The fourth-order valence-electron chi connectivity index (χ4n) is 1.79. The summed E-state index contributed by atoms with van der Waals surface area (Å²) in [4.78, 5) is 13.8. The van der Waals surface area contributed by atoms with Crippen LogP contribution in [0.15, 0.2) is 0 Å². The Morgan fingerprint density at radius 1 is 1.33 bits per heavy atom. The largest absolute Gasteiger partial charge is 0.393 e. The third-order valence-electron chi connectivity index (χ3n) is 3.09. The molecule has 0 aromatic heterocycles. The molecule has 0 spiro atoms. The molecule has 108 valence electrons. The smallest absolute Gasteiger partial charge is 0.315 e. The Labute approximate surface area is 111 Å². The van der Waals surface area contributed by atoms with Crippen molar-refractivity contribution >= 4 is 6.03 Å². The number of aliphatic hydroxyl groups excluding tert-OH is 1. The van der Waals surface area contributed by atoms with Crippen molar-refractivity contribution in [3.8, 4) is 0 Å². The molecule has 0 aliphatic carbocycles. The Hall–Kier alpha value is -0.810. The fraction of sp³-hybridized carbons (Fsp3) is 0.923. The highest BCUT2D eigenvalue weighted by atomic mass is 16.3. The molecular formula is C13H29N3O2. The van der Waals surface area contributed by atoms with Gasteiger partial charge < -0.3 is 20.6 Å². The van der Waals surface area contributed by atoms with Crippen LogP contribution in [-0.2, 0) is 0 Å². The van der Waals surface area contributed by atoms with Gasteiger partial charge in [0.05, 0.1) is 6.10 Å². The van der Waals surface area contributed by atoms with Gasteiger partial charge in [-0.2, -0.15) is 0 Å². The second-order valence-corrected chi connectivity index (χ2v) is 5.99. The molecule has 5 nitrogen and oxygen atoms in total. The summed E-state index contributed by atoms with van der Waals surface area (Å²) in [7, 11) is 4.05. The van der Waals surface area contributed by atoms with E-state index in [-0.39, 0.29) is 23.6 Å². The number of carbonyl (C=O) groups excluding carboxylic acids is 1. The normalized spacial score (nSPS) is 15.3. The summed E-state index contributed by atoms with van der Waals surface area (Å²) in [5.41, 5.74) is 0.00507. The maximum absolute atomic E-state index is 11.6. The lowest BCUT2D eigenvalue weighted by molar-refractivity contribution is 0.174. The van der Waals surface area contributed by atoms with Crippen molar-refractivity contribution in [2.24, 2.45) is 5.41 Å². The number of nitrogens with zero attached hydrogens (tertiary/aromatic N) is 1. The van der Waals surface area contributed by atoms with Gasteiger partial charge in [0.2, 0.25) is 0 Å². The van der Waals surface area contributed by atoms with E-state index in [1.165, 1.54) is 0 Å². The lowest BCUT2D eigenvalue weighted by Gasteiger charge is -2.34. The van der Waals surface area contributed by atoms with Crippen molar-refractivity contribution in [3.05, 3.63) is 0 Å². The topological polar surface area (TPSA) is 64.6 Å². The summed E-state index contributed by atoms with van der Waals surface area (Å²) in [6.07, 6.45) is 0.191. The summed E-state index contributed by atoms with van der Waals surface area (Å²) >= 11 is 0. The van der Waals surface area contributed by atoms with E-state index in [1.807, 2.05) is 21.0 Å². The summed E-state index contributed by atoms with van der Waals surface area (Å²) in [6.45, 7) is 9.38. The standard InChI is InChI=1S/C13H29N3O2/c1-10(17)7-8-14-12(18)15-11(2)13(3,4)9-16(5)6/h10-11,17H,7-9H2,1-6H3,(H2,14,15,18). The molecule has 0 aromatic rings. The minimum Gasteiger partial charge on any atom is -0.393 e. The van der Waals surface area contributed by atoms with Crippen molar-refractivity contribution in [3.63, 3.8) is 0 Å². The van der Waals surface area contributed by atoms with Gasteiger partial charge in [0, 0.05) is 19.1 Å². The Morgan fingerprint density at radius 3 is 2.33 bits per heavy atom. The summed E-state index contributed by atoms with van der Waals surface area (Å²) < 4.78 is 0. The van der Waals surface area contributed by atoms with Crippen molar-refractivity contribution in [2.45, 2.75) is 46.3 Å². The predicted molar refractivity (Wildman–Crippen MR) is 74.6 cm³/mol. The molecule has 18 heavy (non-hydrogen) atoms. The van der Waals surface area contributed by atoms with Crippen LogP contribution in [0.3, 0.4) is 0 Å². The molecule has 0 heterocycles. The molecule has 0 aliphatic rings. The molecule has 0 saturated heterocycles. The summed E-state index contributed by atoms with van der Waals surface area (Å²) in [6, 6.07) is -0.0959. The van der Waals surface area contributed by atoms with Gasteiger partial charge >= 0.3 is 6.03 Å². The first-order valence-electron chi connectivity index (χ1n) is 6.52. The third kappa shape index (κ3) is 7.50. The van der Waals surface area contributed by atoms with Crippen LogP contribution in [-0.4, -0.2) is 55.4 Å². The van der Waals surface area contributed by atoms with Gasteiger partial charge in [0.15, 0.2) is 0 Å². The van der Waals surface area contributed by atoms with E-state index in [2.05, 4.69) is 29.4 Å². The zero-order chi connectivity index (χ0) is 14.3. The van der Waals surface area contributed by atoms with Crippen LogP contribution in [0.25, 0.3) is 0 Å². The van der Waals surface area contributed by atoms with Gasteiger partial charge in [-0.25, -0.2) is 4.79 Å². The van der Waals surface area contributed by atoms with Gasteiger partial charge in [0.1, 0.15) is 0 Å². The van der Waals surface area contributed by atoms with E-state index in [9.17, 15) is 4.79 Å². The quantitative estimate of drug-likeness (QED) is 0.640. The minimum atomic E-state index is -0.382. The van der Waals surface area contributed by atoms with Gasteiger partial charge in [0.25, 0.3) is 0 Å². The molecule has 0 aliphatic heterocycles. The average molecular weight is 259 g/mol. The van der Waals surface area contributed by atoms with E-state index in [0.717, 1.165) is 6.54 Å². The number of hydrogen-bond donors (Lipinski definition) is 3. The number of carbonyl (C=O) groups is 1. The Kier molecular flexibility index (Phi) is 7.25. The Balaban J connectivity index is 4.06. The minimum absolute atomic E-state index is 0.00507. The number of amides is 2. The van der Waals surface area contributed by atoms with Crippen molar-refractivity contribution in [2.75, 3.05) is 27.2 Å². The monoisotopic (exact) mass is 259 g/mol. The summed E-state index contributed by atoms with van der Waals surface area (Å²) in [5, 5.41) is 14.8. The molecule has 0 bridgehead atoms. The molecular weight excluding hydrogens is 230 g/mol. The molecule has 2 atom stereocenters. The van der Waals surface area contributed by atoms with Gasteiger partial charge in [-0.3, -0.25) is 0 Å². The Morgan fingerprint density at radius 2 is 1.89 bits per heavy atom. The van der Waals surface area contributed by atoms with Crippen LogP contribution in [0, 0.1) is 5.41 Å². The predicted octanol–water partition coefficient (Wildman–Crippen LogP) is 1.03. The number of rotatable bonds is 7. The van der Waals surface area contributed by atoms with E-state index in [0.29, 0.717) is 13.0 Å². The van der Waals surface area contributed by atoms with Crippen LogP contribution in [0.4, 0.5) is 4.79 Å². The molecule has 2 amide bonds. The average Bonchev–Trinajstić information content (AvgIpc) is 2.14. The first-order valence-corrected chi connectivity index (χ1v) is 6.52. The van der Waals surface area contributed by atoms with Gasteiger partial charge in [-0.05, 0) is 39.8 Å². The van der Waals surface area contributed by atoms with Gasteiger partial charge in [-0.1, -0.05) is 13.8 Å². The van der Waals surface area contributed by atoms with E-state index >= 15 is 0 Å². The highest BCUT2D eigenvalue weighted by Crippen LogP contribution is 2.20. The molecule has 0 saturated carbocycles. The molecule has 2 unspecified atom stereocenters. The molecule has 0 fully saturated rings. The third-order valence-corrected chi connectivity index (χ3v) is 3.09. The molecule has 0 aromatic carbocycles. The second kappa shape index (κ2) is 7.59. The van der Waals surface area contributed by atoms with Gasteiger partial charge in [-0.15, -0.1) is 0 Å². The molecule has 0 rings (SSSR count).